The molecule has 0 radical (unpaired) electrons. The largest absolute Gasteiger partial charge is 0.487 e. The van der Waals surface area contributed by atoms with Gasteiger partial charge in [0.2, 0.25) is 0 Å². The van der Waals surface area contributed by atoms with Gasteiger partial charge in [0.15, 0.2) is 5.17 Å². The number of fused-ring (bicyclic) bond motifs is 1. The fourth-order valence-electron chi connectivity index (χ4n) is 3.44. The number of carbonyl (C=O) groups is 1. The van der Waals surface area contributed by atoms with Crippen molar-refractivity contribution < 1.29 is 18.7 Å². The van der Waals surface area contributed by atoms with Gasteiger partial charge in [-0.15, -0.1) is 0 Å². The Balaban J connectivity index is 1.62. The lowest BCUT2D eigenvalue weighted by molar-refractivity contribution is -0.139. The van der Waals surface area contributed by atoms with Gasteiger partial charge in [0.1, 0.15) is 18.2 Å². The first kappa shape index (κ1) is 21.5. The molecule has 0 saturated heterocycles. The van der Waals surface area contributed by atoms with Gasteiger partial charge in [-0.05, 0) is 54.6 Å². The molecule has 8 heteroatoms. The molecule has 0 aliphatic carbocycles. The Morgan fingerprint density at radius 1 is 1.26 bits per heavy atom. The zero-order valence-electron chi connectivity index (χ0n) is 17.0. The third-order valence-electron chi connectivity index (χ3n) is 4.90. The molecule has 2 aliphatic rings. The highest BCUT2D eigenvalue weighted by Gasteiger charge is 2.37. The van der Waals surface area contributed by atoms with Crippen LogP contribution in [-0.4, -0.2) is 22.6 Å². The molecule has 31 heavy (non-hydrogen) atoms. The first-order valence-corrected chi connectivity index (χ1v) is 11.0. The molecule has 0 spiro atoms. The topological polar surface area (TPSA) is 51.1 Å². The first-order chi connectivity index (χ1) is 15.0. The van der Waals surface area contributed by atoms with Gasteiger partial charge in [0.05, 0.1) is 28.9 Å². The number of hydrogen-bond acceptors (Lipinski definition) is 6. The molecule has 160 valence electrons. The number of allylic oxidation sites excluding steroid dienone is 1. The second-order valence-corrected chi connectivity index (χ2v) is 8.21. The van der Waals surface area contributed by atoms with Crippen molar-refractivity contribution in [1.82, 2.24) is 4.90 Å². The summed E-state index contributed by atoms with van der Waals surface area (Å²) in [7, 11) is 0. The monoisotopic (exact) mass is 458 g/mol. The van der Waals surface area contributed by atoms with Gasteiger partial charge in [0.25, 0.3) is 0 Å². The Morgan fingerprint density at radius 2 is 2.03 bits per heavy atom. The Hall–Kier alpha value is -2.77. The van der Waals surface area contributed by atoms with E-state index in [0.717, 1.165) is 16.3 Å². The van der Waals surface area contributed by atoms with Crippen LogP contribution in [0.4, 0.5) is 4.39 Å². The number of nitrogens with zero attached hydrogens (tertiary/aromatic N) is 2. The standard InChI is InChI=1S/C23H20ClFN2O3S/c1-3-29-22(28)20-14(2)26-23-27(10-11-31-23)21(20)16-6-9-19(18(24)12-16)30-13-15-4-7-17(25)8-5-15/h4-12,21H,3,13H2,1-2H3. The van der Waals surface area contributed by atoms with Crippen LogP contribution in [0.25, 0.3) is 0 Å². The van der Waals surface area contributed by atoms with Crippen LogP contribution in [0.1, 0.15) is 31.0 Å². The molecule has 0 N–H and O–H groups in total. The normalized spacial score (nSPS) is 17.5. The fraction of sp³-hybridized carbons (Fsp3) is 0.217. The summed E-state index contributed by atoms with van der Waals surface area (Å²) in [6.07, 6.45) is 1.90. The minimum atomic E-state index is -0.401. The number of rotatable bonds is 6. The van der Waals surface area contributed by atoms with Crippen LogP contribution in [0.3, 0.4) is 0 Å². The lowest BCUT2D eigenvalue weighted by Crippen LogP contribution is -2.34. The summed E-state index contributed by atoms with van der Waals surface area (Å²) in [6, 6.07) is 11.1. The summed E-state index contributed by atoms with van der Waals surface area (Å²) in [4.78, 5) is 19.2. The summed E-state index contributed by atoms with van der Waals surface area (Å²) in [5.74, 6) is -0.188. The number of hydrogen-bond donors (Lipinski definition) is 0. The number of benzene rings is 2. The molecule has 1 unspecified atom stereocenters. The van der Waals surface area contributed by atoms with E-state index in [1.165, 1.54) is 23.9 Å². The van der Waals surface area contributed by atoms with Crippen LogP contribution in [-0.2, 0) is 16.1 Å². The molecule has 5 nitrogen and oxygen atoms in total. The van der Waals surface area contributed by atoms with Gasteiger partial charge in [-0.25, -0.2) is 14.2 Å². The molecule has 0 amide bonds. The van der Waals surface area contributed by atoms with E-state index in [1.807, 2.05) is 29.5 Å². The van der Waals surface area contributed by atoms with Crippen molar-refractivity contribution in [3.63, 3.8) is 0 Å². The van der Waals surface area contributed by atoms with Crippen molar-refractivity contribution in [2.45, 2.75) is 26.5 Å². The number of thioether (sulfide) groups is 1. The van der Waals surface area contributed by atoms with Gasteiger partial charge in [0, 0.05) is 6.20 Å². The highest BCUT2D eigenvalue weighted by atomic mass is 35.5. The second kappa shape index (κ2) is 9.16. The first-order valence-electron chi connectivity index (χ1n) is 9.73. The molecule has 2 aromatic rings. The van der Waals surface area contributed by atoms with Gasteiger partial charge < -0.3 is 14.4 Å². The molecule has 0 bridgehead atoms. The SMILES string of the molecule is CCOC(=O)C1=C(C)N=C2SC=CN2C1c1ccc(OCc2ccc(F)cc2)c(Cl)c1. The number of aliphatic imine (C=N–C) groups is 1. The van der Waals surface area contributed by atoms with E-state index in [4.69, 9.17) is 21.1 Å². The zero-order valence-corrected chi connectivity index (χ0v) is 18.5. The van der Waals surface area contributed by atoms with Gasteiger partial charge in [-0.2, -0.15) is 0 Å². The van der Waals surface area contributed by atoms with E-state index in [0.29, 0.717) is 22.0 Å². The Kier molecular flexibility index (Phi) is 6.34. The third kappa shape index (κ3) is 4.48. The summed E-state index contributed by atoms with van der Waals surface area (Å²) < 4.78 is 24.2. The molecule has 4 rings (SSSR count). The maximum absolute atomic E-state index is 13.1. The van der Waals surface area contributed by atoms with E-state index in [1.54, 1.807) is 31.2 Å². The Morgan fingerprint density at radius 3 is 2.74 bits per heavy atom. The zero-order chi connectivity index (χ0) is 22.0. The van der Waals surface area contributed by atoms with E-state index in [9.17, 15) is 9.18 Å². The van der Waals surface area contributed by atoms with Crippen LogP contribution < -0.4 is 4.74 Å². The number of esters is 1. The van der Waals surface area contributed by atoms with Gasteiger partial charge >= 0.3 is 5.97 Å². The highest BCUT2D eigenvalue weighted by Crippen LogP contribution is 2.42. The molecule has 1 atom stereocenters. The van der Waals surface area contributed by atoms with Crippen molar-refractivity contribution in [2.24, 2.45) is 4.99 Å². The summed E-state index contributed by atoms with van der Waals surface area (Å²) >= 11 is 8.01. The lowest BCUT2D eigenvalue weighted by Gasteiger charge is -2.33. The molecular formula is C23H20ClFN2O3S. The van der Waals surface area contributed by atoms with E-state index >= 15 is 0 Å². The van der Waals surface area contributed by atoms with Crippen molar-refractivity contribution in [3.05, 3.63) is 87.3 Å². The van der Waals surface area contributed by atoms with E-state index in [2.05, 4.69) is 4.99 Å². The molecular weight excluding hydrogens is 439 g/mol. The number of halogens is 2. The lowest BCUT2D eigenvalue weighted by atomic mass is 9.94. The summed E-state index contributed by atoms with van der Waals surface area (Å²) in [5.41, 5.74) is 2.76. The smallest absolute Gasteiger partial charge is 0.338 e. The highest BCUT2D eigenvalue weighted by molar-refractivity contribution is 8.16. The van der Waals surface area contributed by atoms with Crippen LogP contribution >= 0.6 is 23.4 Å². The quantitative estimate of drug-likeness (QED) is 0.510. The number of ether oxygens (including phenoxy) is 2. The predicted octanol–water partition coefficient (Wildman–Crippen LogP) is 5.83. The molecule has 0 fully saturated rings. The fourth-order valence-corrected chi connectivity index (χ4v) is 4.48. The van der Waals surface area contributed by atoms with Crippen molar-refractivity contribution >= 4 is 34.5 Å². The average molecular weight is 459 g/mol. The Bertz CT molecular complexity index is 1100. The number of carbonyl (C=O) groups excluding carboxylic acids is 1. The predicted molar refractivity (Wildman–Crippen MR) is 120 cm³/mol. The summed E-state index contributed by atoms with van der Waals surface area (Å²) in [6.45, 7) is 4.12. The van der Waals surface area contributed by atoms with Crippen LogP contribution in [0.5, 0.6) is 5.75 Å². The summed E-state index contributed by atoms with van der Waals surface area (Å²) in [5, 5.41) is 3.14. The van der Waals surface area contributed by atoms with Crippen molar-refractivity contribution in [1.29, 1.82) is 0 Å². The van der Waals surface area contributed by atoms with Gasteiger partial charge in [-0.3, -0.25) is 0 Å². The molecule has 2 aromatic carbocycles. The van der Waals surface area contributed by atoms with E-state index < -0.39 is 12.0 Å². The van der Waals surface area contributed by atoms with Gasteiger partial charge in [-0.1, -0.05) is 41.6 Å². The molecule has 2 heterocycles. The molecule has 0 saturated carbocycles. The van der Waals surface area contributed by atoms with Crippen LogP contribution in [0.15, 0.2) is 70.3 Å². The molecule has 2 aliphatic heterocycles. The maximum atomic E-state index is 13.1. The van der Waals surface area contributed by atoms with Crippen LogP contribution in [0.2, 0.25) is 5.02 Å². The van der Waals surface area contributed by atoms with Crippen molar-refractivity contribution in [3.8, 4) is 5.75 Å². The average Bonchev–Trinajstić information content (AvgIpc) is 3.21. The Labute approximate surface area is 189 Å². The van der Waals surface area contributed by atoms with E-state index in [-0.39, 0.29) is 19.0 Å². The maximum Gasteiger partial charge on any atom is 0.338 e. The molecule has 0 aromatic heterocycles. The van der Waals surface area contributed by atoms with Crippen molar-refractivity contribution in [2.75, 3.05) is 6.61 Å². The minimum Gasteiger partial charge on any atom is -0.487 e. The third-order valence-corrected chi connectivity index (χ3v) is 5.96. The second-order valence-electron chi connectivity index (χ2n) is 6.93. The number of amidine groups is 1. The minimum absolute atomic E-state index is 0.262. The van der Waals surface area contributed by atoms with Crippen LogP contribution in [0, 0.1) is 5.82 Å².